The first kappa shape index (κ1) is 26.2. The largest absolute Gasteiger partial charge is 0.356 e. The Morgan fingerprint density at radius 1 is 1.14 bits per heavy atom. The van der Waals surface area contributed by atoms with E-state index in [0.29, 0.717) is 29.0 Å². The second-order valence-corrected chi connectivity index (χ2v) is 10.5. The van der Waals surface area contributed by atoms with Crippen LogP contribution in [-0.2, 0) is 16.0 Å². The van der Waals surface area contributed by atoms with Crippen molar-refractivity contribution in [2.24, 2.45) is 0 Å². The van der Waals surface area contributed by atoms with Gasteiger partial charge < -0.3 is 20.4 Å². The molecule has 1 atom stereocenters. The van der Waals surface area contributed by atoms with Crippen LogP contribution in [-0.4, -0.2) is 70.8 Å². The van der Waals surface area contributed by atoms with Gasteiger partial charge in [-0.2, -0.15) is 0 Å². The Balaban J connectivity index is 1.20. The molecule has 2 N–H and O–H groups in total. The Morgan fingerprint density at radius 2 is 1.92 bits per heavy atom. The van der Waals surface area contributed by atoms with Crippen molar-refractivity contribution in [1.29, 1.82) is 0 Å². The molecule has 2 heterocycles. The van der Waals surface area contributed by atoms with Crippen LogP contribution in [0.4, 0.5) is 9.52 Å². The van der Waals surface area contributed by atoms with Gasteiger partial charge in [0.15, 0.2) is 5.13 Å². The fourth-order valence-electron chi connectivity index (χ4n) is 4.50. The van der Waals surface area contributed by atoms with Crippen LogP contribution in [0.2, 0.25) is 0 Å². The number of likely N-dealkylation sites (tertiary alicyclic amines) is 1. The second kappa shape index (κ2) is 12.4. The smallest absolute Gasteiger partial charge is 0.254 e. The molecule has 0 bridgehead atoms. The van der Waals surface area contributed by atoms with E-state index >= 15 is 0 Å². The van der Waals surface area contributed by atoms with Crippen LogP contribution in [0.25, 0.3) is 0 Å². The van der Waals surface area contributed by atoms with Crippen LogP contribution in [0.15, 0.2) is 29.6 Å². The molecule has 1 aromatic carbocycles. The van der Waals surface area contributed by atoms with E-state index in [0.717, 1.165) is 32.4 Å². The third-order valence-electron chi connectivity index (χ3n) is 6.68. The normalized spacial score (nSPS) is 18.0. The molecule has 1 unspecified atom stereocenters. The van der Waals surface area contributed by atoms with Crippen LogP contribution in [0, 0.1) is 5.82 Å². The van der Waals surface area contributed by atoms with Crippen molar-refractivity contribution in [1.82, 2.24) is 20.1 Å². The van der Waals surface area contributed by atoms with E-state index in [9.17, 15) is 18.8 Å². The van der Waals surface area contributed by atoms with Gasteiger partial charge in [0.25, 0.3) is 5.91 Å². The minimum Gasteiger partial charge on any atom is -0.356 e. The highest BCUT2D eigenvalue weighted by Gasteiger charge is 2.34. The first-order chi connectivity index (χ1) is 17.4. The highest BCUT2D eigenvalue weighted by atomic mass is 32.1. The monoisotopic (exact) mass is 515 g/mol. The zero-order valence-electron chi connectivity index (χ0n) is 20.7. The Labute approximate surface area is 215 Å². The molecule has 10 heteroatoms. The molecule has 0 radical (unpaired) electrons. The molecule has 3 amide bonds. The molecule has 2 aromatic rings. The van der Waals surface area contributed by atoms with Gasteiger partial charge in [-0.1, -0.05) is 6.42 Å². The molecular weight excluding hydrogens is 481 g/mol. The number of hydrogen-bond donors (Lipinski definition) is 2. The Bertz CT molecular complexity index is 1060. The van der Waals surface area contributed by atoms with Gasteiger partial charge in [-0.25, -0.2) is 9.37 Å². The number of piperidine rings is 1. The van der Waals surface area contributed by atoms with E-state index in [1.165, 1.54) is 59.8 Å². The van der Waals surface area contributed by atoms with E-state index in [1.54, 1.807) is 5.38 Å². The van der Waals surface area contributed by atoms with Gasteiger partial charge in [0.1, 0.15) is 12.4 Å². The van der Waals surface area contributed by atoms with Crippen molar-refractivity contribution < 1.29 is 18.8 Å². The summed E-state index contributed by atoms with van der Waals surface area (Å²) in [7, 11) is 0. The maximum absolute atomic E-state index is 13.2. The van der Waals surface area contributed by atoms with Gasteiger partial charge >= 0.3 is 0 Å². The van der Waals surface area contributed by atoms with Gasteiger partial charge in [0.2, 0.25) is 11.8 Å². The van der Waals surface area contributed by atoms with Crippen molar-refractivity contribution in [2.45, 2.75) is 64.0 Å². The van der Waals surface area contributed by atoms with Crippen LogP contribution < -0.4 is 10.6 Å². The molecule has 1 saturated carbocycles. The summed E-state index contributed by atoms with van der Waals surface area (Å²) >= 11 is 1.25. The third kappa shape index (κ3) is 7.57. The molecule has 194 valence electrons. The highest BCUT2D eigenvalue weighted by molar-refractivity contribution is 7.13. The van der Waals surface area contributed by atoms with Gasteiger partial charge in [0, 0.05) is 36.1 Å². The lowest BCUT2D eigenvalue weighted by Crippen LogP contribution is -2.39. The van der Waals surface area contributed by atoms with Gasteiger partial charge in [-0.3, -0.25) is 14.4 Å². The fraction of sp³-hybridized carbons (Fsp3) is 0.538. The van der Waals surface area contributed by atoms with Crippen molar-refractivity contribution in [3.05, 3.63) is 46.7 Å². The fourth-order valence-corrected chi connectivity index (χ4v) is 5.22. The average molecular weight is 516 g/mol. The summed E-state index contributed by atoms with van der Waals surface area (Å²) in [6.45, 7) is 4.93. The Hall–Kier alpha value is -2.85. The minimum atomic E-state index is -0.414. The molecule has 8 nitrogen and oxygen atoms in total. The van der Waals surface area contributed by atoms with Gasteiger partial charge in [-0.05, 0) is 69.8 Å². The van der Waals surface area contributed by atoms with Gasteiger partial charge in [-0.15, -0.1) is 11.3 Å². The van der Waals surface area contributed by atoms with E-state index in [-0.39, 0.29) is 36.7 Å². The zero-order valence-corrected chi connectivity index (χ0v) is 21.5. The van der Waals surface area contributed by atoms with Crippen LogP contribution in [0.1, 0.15) is 61.5 Å². The van der Waals surface area contributed by atoms with Crippen LogP contribution in [0.5, 0.6) is 0 Å². The standard InChI is InChI=1S/C26H34FN5O3S/c1-18-5-2-3-13-31(18)14-4-12-28-23(33)15-21-17-36-26(29-21)30-24(34)16-32(22-10-11-22)25(35)19-6-8-20(27)9-7-19/h6-9,17-18,22H,2-5,10-16H2,1H3,(H,28,33)(H,29,30,34). The molecule has 0 spiro atoms. The summed E-state index contributed by atoms with van der Waals surface area (Å²) in [5.74, 6) is -1.15. The number of nitrogens with zero attached hydrogens (tertiary/aromatic N) is 3. The number of halogens is 1. The Morgan fingerprint density at radius 3 is 2.64 bits per heavy atom. The quantitative estimate of drug-likeness (QED) is 0.447. The predicted molar refractivity (Wildman–Crippen MR) is 137 cm³/mol. The van der Waals surface area contributed by atoms with Crippen LogP contribution >= 0.6 is 11.3 Å². The average Bonchev–Trinajstić information content (AvgIpc) is 3.61. The SMILES string of the molecule is CC1CCCCN1CCCNC(=O)Cc1csc(NC(=O)CN(C(=O)c2ccc(F)cc2)C2CC2)n1. The molecule has 4 rings (SSSR count). The molecular formula is C26H34FN5O3S. The lowest BCUT2D eigenvalue weighted by molar-refractivity contribution is -0.120. The number of rotatable bonds is 11. The topological polar surface area (TPSA) is 94.6 Å². The summed E-state index contributed by atoms with van der Waals surface area (Å²) in [6, 6.07) is 5.97. The number of amides is 3. The van der Waals surface area contributed by atoms with E-state index in [4.69, 9.17) is 0 Å². The molecule has 36 heavy (non-hydrogen) atoms. The molecule has 2 aliphatic rings. The van der Waals surface area contributed by atoms with E-state index in [2.05, 4.69) is 27.4 Å². The first-order valence-corrected chi connectivity index (χ1v) is 13.6. The number of carbonyl (C=O) groups excluding carboxylic acids is 3. The lowest BCUT2D eigenvalue weighted by Gasteiger charge is -2.33. The maximum Gasteiger partial charge on any atom is 0.254 e. The molecule has 1 aromatic heterocycles. The number of hydrogen-bond acceptors (Lipinski definition) is 6. The highest BCUT2D eigenvalue weighted by Crippen LogP contribution is 2.28. The van der Waals surface area contributed by atoms with Crippen molar-refractivity contribution in [3.63, 3.8) is 0 Å². The summed E-state index contributed by atoms with van der Waals surface area (Å²) in [4.78, 5) is 46.1. The minimum absolute atomic E-state index is 0.0157. The second-order valence-electron chi connectivity index (χ2n) is 9.62. The number of thiazole rings is 1. The third-order valence-corrected chi connectivity index (χ3v) is 7.48. The van der Waals surface area contributed by atoms with Crippen LogP contribution in [0.3, 0.4) is 0 Å². The Kier molecular flexibility index (Phi) is 9.03. The summed E-state index contributed by atoms with van der Waals surface area (Å²) in [6.07, 6.45) is 6.56. The molecule has 2 fully saturated rings. The number of benzene rings is 1. The summed E-state index contributed by atoms with van der Waals surface area (Å²) < 4.78 is 13.2. The van der Waals surface area contributed by atoms with Gasteiger partial charge in [0.05, 0.1) is 12.1 Å². The summed E-state index contributed by atoms with van der Waals surface area (Å²) in [5, 5.41) is 7.84. The molecule has 1 aliphatic carbocycles. The van der Waals surface area contributed by atoms with Crippen molar-refractivity contribution >= 4 is 34.2 Å². The van der Waals surface area contributed by atoms with E-state index < -0.39 is 5.82 Å². The number of nitrogens with one attached hydrogen (secondary N) is 2. The molecule has 1 saturated heterocycles. The predicted octanol–water partition coefficient (Wildman–Crippen LogP) is 3.45. The lowest BCUT2D eigenvalue weighted by atomic mass is 10.0. The van der Waals surface area contributed by atoms with Crippen molar-refractivity contribution in [3.8, 4) is 0 Å². The summed E-state index contributed by atoms with van der Waals surface area (Å²) in [5.41, 5.74) is 0.947. The van der Waals surface area contributed by atoms with Crippen molar-refractivity contribution in [2.75, 3.05) is 31.5 Å². The maximum atomic E-state index is 13.2. The molecule has 1 aliphatic heterocycles. The first-order valence-electron chi connectivity index (χ1n) is 12.7. The number of aromatic nitrogens is 1. The number of carbonyl (C=O) groups is 3. The van der Waals surface area contributed by atoms with E-state index in [1.807, 2.05) is 0 Å². The number of anilines is 1. The zero-order chi connectivity index (χ0) is 25.5.